The smallest absolute Gasteiger partial charge is 0.193 e. The first-order chi connectivity index (χ1) is 9.69. The fourth-order valence-corrected chi connectivity index (χ4v) is 2.12. The summed E-state index contributed by atoms with van der Waals surface area (Å²) < 4.78 is 5.75. The number of ether oxygens (including phenoxy) is 1. The van der Waals surface area contributed by atoms with Crippen molar-refractivity contribution in [1.82, 2.24) is 10.2 Å². The lowest BCUT2D eigenvalue weighted by Gasteiger charge is -2.31. The van der Waals surface area contributed by atoms with Gasteiger partial charge in [-0.15, -0.1) is 0 Å². The Hall–Kier alpha value is -1.71. The molecule has 2 rings (SSSR count). The summed E-state index contributed by atoms with van der Waals surface area (Å²) in [5, 5.41) is 3.48. The average Bonchev–Trinajstić information content (AvgIpc) is 2.40. The van der Waals surface area contributed by atoms with Crippen molar-refractivity contribution in [3.05, 3.63) is 29.8 Å². The molecule has 4 heteroatoms. The molecule has 1 fully saturated rings. The van der Waals surface area contributed by atoms with E-state index in [1.807, 2.05) is 26.2 Å². The standard InChI is InChI=1S/C16H25N3O/c1-13-7-9-15(10-8-13)20-12-11-19(3)16(17-2)18-14-5-4-6-14/h7-10,14H,4-6,11-12H2,1-3H3,(H,17,18). The Balaban J connectivity index is 1.72. The van der Waals surface area contributed by atoms with E-state index in [2.05, 4.69) is 34.3 Å². The molecule has 1 saturated carbocycles. The van der Waals surface area contributed by atoms with Crippen LogP contribution in [0.5, 0.6) is 5.75 Å². The fraction of sp³-hybridized carbons (Fsp3) is 0.562. The maximum Gasteiger partial charge on any atom is 0.193 e. The van der Waals surface area contributed by atoms with Crippen molar-refractivity contribution in [2.75, 3.05) is 27.2 Å². The molecule has 0 aromatic heterocycles. The van der Waals surface area contributed by atoms with Crippen LogP contribution in [0.3, 0.4) is 0 Å². The second-order valence-corrected chi connectivity index (χ2v) is 5.40. The molecule has 0 aliphatic heterocycles. The van der Waals surface area contributed by atoms with Crippen molar-refractivity contribution in [3.8, 4) is 5.75 Å². The zero-order valence-corrected chi connectivity index (χ0v) is 12.7. The van der Waals surface area contributed by atoms with Crippen molar-refractivity contribution in [3.63, 3.8) is 0 Å². The van der Waals surface area contributed by atoms with Crippen LogP contribution in [-0.2, 0) is 0 Å². The molecular formula is C16H25N3O. The van der Waals surface area contributed by atoms with E-state index >= 15 is 0 Å². The van der Waals surface area contributed by atoms with Crippen LogP contribution in [-0.4, -0.2) is 44.1 Å². The molecule has 110 valence electrons. The lowest BCUT2D eigenvalue weighted by Crippen LogP contribution is -2.47. The number of hydrogen-bond donors (Lipinski definition) is 1. The highest BCUT2D eigenvalue weighted by Crippen LogP contribution is 2.18. The van der Waals surface area contributed by atoms with E-state index < -0.39 is 0 Å². The summed E-state index contributed by atoms with van der Waals surface area (Å²) in [5.41, 5.74) is 1.25. The van der Waals surface area contributed by atoms with Gasteiger partial charge in [-0.2, -0.15) is 0 Å². The topological polar surface area (TPSA) is 36.9 Å². The van der Waals surface area contributed by atoms with Gasteiger partial charge in [0, 0.05) is 20.1 Å². The summed E-state index contributed by atoms with van der Waals surface area (Å²) in [6.45, 7) is 3.55. The van der Waals surface area contributed by atoms with Gasteiger partial charge in [0.25, 0.3) is 0 Å². The van der Waals surface area contributed by atoms with E-state index in [0.717, 1.165) is 18.3 Å². The number of benzene rings is 1. The van der Waals surface area contributed by atoms with Gasteiger partial charge in [-0.1, -0.05) is 17.7 Å². The van der Waals surface area contributed by atoms with Crippen LogP contribution in [0.25, 0.3) is 0 Å². The van der Waals surface area contributed by atoms with Gasteiger partial charge in [0.15, 0.2) is 5.96 Å². The van der Waals surface area contributed by atoms with Crippen molar-refractivity contribution in [2.24, 2.45) is 4.99 Å². The molecule has 0 radical (unpaired) electrons. The summed E-state index contributed by atoms with van der Waals surface area (Å²) in [6.07, 6.45) is 3.84. The van der Waals surface area contributed by atoms with Crippen molar-refractivity contribution >= 4 is 5.96 Å². The molecule has 20 heavy (non-hydrogen) atoms. The first-order valence-corrected chi connectivity index (χ1v) is 7.33. The third-order valence-electron chi connectivity index (χ3n) is 3.73. The molecule has 1 aliphatic carbocycles. The Morgan fingerprint density at radius 3 is 2.60 bits per heavy atom. The molecule has 1 N–H and O–H groups in total. The first-order valence-electron chi connectivity index (χ1n) is 7.33. The van der Waals surface area contributed by atoms with Crippen LogP contribution >= 0.6 is 0 Å². The largest absolute Gasteiger partial charge is 0.492 e. The second kappa shape index (κ2) is 7.17. The van der Waals surface area contributed by atoms with E-state index in [1.165, 1.54) is 24.8 Å². The zero-order valence-electron chi connectivity index (χ0n) is 12.7. The Morgan fingerprint density at radius 1 is 1.35 bits per heavy atom. The monoisotopic (exact) mass is 275 g/mol. The number of aliphatic imine (C=N–C) groups is 1. The third kappa shape index (κ3) is 4.15. The molecule has 0 atom stereocenters. The Labute approximate surface area is 121 Å². The maximum atomic E-state index is 5.75. The SMILES string of the molecule is CN=C(NC1CCC1)N(C)CCOc1ccc(C)cc1. The molecule has 1 aliphatic rings. The van der Waals surface area contributed by atoms with E-state index in [0.29, 0.717) is 12.6 Å². The minimum absolute atomic E-state index is 0.606. The van der Waals surface area contributed by atoms with Crippen LogP contribution in [0.15, 0.2) is 29.3 Å². The van der Waals surface area contributed by atoms with E-state index in [4.69, 9.17) is 4.74 Å². The molecule has 0 bridgehead atoms. The van der Waals surface area contributed by atoms with Crippen LogP contribution < -0.4 is 10.1 Å². The first kappa shape index (κ1) is 14.7. The number of hydrogen-bond acceptors (Lipinski definition) is 2. The number of likely N-dealkylation sites (N-methyl/N-ethyl adjacent to an activating group) is 1. The lowest BCUT2D eigenvalue weighted by molar-refractivity contribution is 0.276. The van der Waals surface area contributed by atoms with Gasteiger partial charge >= 0.3 is 0 Å². The summed E-state index contributed by atoms with van der Waals surface area (Å²) in [5.74, 6) is 1.88. The quantitative estimate of drug-likeness (QED) is 0.662. The normalized spacial score (nSPS) is 15.7. The van der Waals surface area contributed by atoms with Gasteiger partial charge in [0.05, 0.1) is 6.54 Å². The van der Waals surface area contributed by atoms with E-state index in [9.17, 15) is 0 Å². The van der Waals surface area contributed by atoms with Crippen molar-refractivity contribution in [1.29, 1.82) is 0 Å². The molecule has 0 amide bonds. The van der Waals surface area contributed by atoms with Gasteiger partial charge in [-0.25, -0.2) is 0 Å². The summed E-state index contributed by atoms with van der Waals surface area (Å²) in [6, 6.07) is 8.76. The van der Waals surface area contributed by atoms with Gasteiger partial charge in [0.2, 0.25) is 0 Å². The van der Waals surface area contributed by atoms with Gasteiger partial charge in [0.1, 0.15) is 12.4 Å². The van der Waals surface area contributed by atoms with Gasteiger partial charge < -0.3 is 15.0 Å². The number of rotatable bonds is 5. The van der Waals surface area contributed by atoms with Crippen LogP contribution in [0, 0.1) is 6.92 Å². The summed E-state index contributed by atoms with van der Waals surface area (Å²) in [7, 11) is 3.88. The van der Waals surface area contributed by atoms with Crippen LogP contribution in [0.4, 0.5) is 0 Å². The van der Waals surface area contributed by atoms with Crippen molar-refractivity contribution in [2.45, 2.75) is 32.2 Å². The van der Waals surface area contributed by atoms with E-state index in [-0.39, 0.29) is 0 Å². The number of nitrogens with one attached hydrogen (secondary N) is 1. The van der Waals surface area contributed by atoms with Crippen LogP contribution in [0.2, 0.25) is 0 Å². The third-order valence-corrected chi connectivity index (χ3v) is 3.73. The highest BCUT2D eigenvalue weighted by Gasteiger charge is 2.19. The highest BCUT2D eigenvalue weighted by atomic mass is 16.5. The minimum atomic E-state index is 0.606. The molecule has 0 unspecified atom stereocenters. The molecular weight excluding hydrogens is 250 g/mol. The minimum Gasteiger partial charge on any atom is -0.492 e. The lowest BCUT2D eigenvalue weighted by atomic mass is 9.93. The zero-order chi connectivity index (χ0) is 14.4. The number of nitrogens with zero attached hydrogens (tertiary/aromatic N) is 2. The predicted molar refractivity (Wildman–Crippen MR) is 83.4 cm³/mol. The molecule has 1 aromatic carbocycles. The summed E-state index contributed by atoms with van der Waals surface area (Å²) >= 11 is 0. The fourth-order valence-electron chi connectivity index (χ4n) is 2.12. The Morgan fingerprint density at radius 2 is 2.05 bits per heavy atom. The highest BCUT2D eigenvalue weighted by molar-refractivity contribution is 5.80. The van der Waals surface area contributed by atoms with Gasteiger partial charge in [-0.05, 0) is 38.3 Å². The molecule has 4 nitrogen and oxygen atoms in total. The van der Waals surface area contributed by atoms with E-state index in [1.54, 1.807) is 0 Å². The van der Waals surface area contributed by atoms with Gasteiger partial charge in [-0.3, -0.25) is 4.99 Å². The summed E-state index contributed by atoms with van der Waals surface area (Å²) in [4.78, 5) is 6.44. The van der Waals surface area contributed by atoms with Crippen LogP contribution in [0.1, 0.15) is 24.8 Å². The predicted octanol–water partition coefficient (Wildman–Crippen LogP) is 2.43. The average molecular weight is 275 g/mol. The number of guanidine groups is 1. The Kier molecular flexibility index (Phi) is 5.27. The molecule has 0 saturated heterocycles. The maximum absolute atomic E-state index is 5.75. The second-order valence-electron chi connectivity index (χ2n) is 5.40. The Bertz CT molecular complexity index is 438. The van der Waals surface area contributed by atoms with Crippen molar-refractivity contribution < 1.29 is 4.74 Å². The molecule has 1 aromatic rings. The molecule has 0 spiro atoms. The molecule has 0 heterocycles. The number of aryl methyl sites for hydroxylation is 1.